The summed E-state index contributed by atoms with van der Waals surface area (Å²) in [5.74, 6) is 0.811. The Morgan fingerprint density at radius 1 is 1.13 bits per heavy atom. The maximum absolute atomic E-state index is 13.1. The number of thiophene rings is 1. The fraction of sp³-hybridized carbons (Fsp3) is 0.182. The van der Waals surface area contributed by atoms with Gasteiger partial charge in [-0.2, -0.15) is 0 Å². The first kappa shape index (κ1) is 20.1. The highest BCUT2D eigenvalue weighted by Crippen LogP contribution is 2.31. The summed E-state index contributed by atoms with van der Waals surface area (Å²) in [5.41, 5.74) is 1.45. The Balaban J connectivity index is 1.55. The van der Waals surface area contributed by atoms with Crippen LogP contribution in [0.15, 0.2) is 65.0 Å². The highest BCUT2D eigenvalue weighted by molar-refractivity contribution is 7.17. The Morgan fingerprint density at radius 3 is 2.53 bits per heavy atom. The highest BCUT2D eigenvalue weighted by atomic mass is 32.1. The molecule has 0 bridgehead atoms. The van der Waals surface area contributed by atoms with E-state index in [0.717, 1.165) is 16.9 Å². The Bertz CT molecular complexity index is 1200. The first-order valence-electron chi connectivity index (χ1n) is 9.22. The molecule has 0 fully saturated rings. The van der Waals surface area contributed by atoms with Gasteiger partial charge in [-0.15, -0.1) is 11.3 Å². The first-order chi connectivity index (χ1) is 14.5. The van der Waals surface area contributed by atoms with Crippen molar-refractivity contribution in [3.8, 4) is 22.6 Å². The highest BCUT2D eigenvalue weighted by Gasteiger charge is 2.15. The second kappa shape index (κ2) is 8.64. The number of hydrogen-bond donors (Lipinski definition) is 1. The van der Waals surface area contributed by atoms with Crippen molar-refractivity contribution in [1.82, 2.24) is 9.55 Å². The van der Waals surface area contributed by atoms with E-state index in [0.29, 0.717) is 16.0 Å². The van der Waals surface area contributed by atoms with Crippen molar-refractivity contribution >= 4 is 21.6 Å². The third-order valence-corrected chi connectivity index (χ3v) is 5.51. The van der Waals surface area contributed by atoms with Crippen LogP contribution in [0.4, 0.5) is 4.39 Å². The maximum Gasteiger partial charge on any atom is 0.262 e. The number of nitrogens with zero attached hydrogens (tertiary/aromatic N) is 2. The Morgan fingerprint density at radius 2 is 1.83 bits per heavy atom. The van der Waals surface area contributed by atoms with Gasteiger partial charge in [-0.25, -0.2) is 9.37 Å². The number of aromatic nitrogens is 2. The summed E-state index contributed by atoms with van der Waals surface area (Å²) in [5, 5.41) is 12.7. The molecule has 2 aromatic carbocycles. The lowest BCUT2D eigenvalue weighted by Gasteiger charge is -2.14. The average Bonchev–Trinajstić information content (AvgIpc) is 3.20. The van der Waals surface area contributed by atoms with E-state index in [1.54, 1.807) is 7.11 Å². The van der Waals surface area contributed by atoms with Crippen LogP contribution in [0.5, 0.6) is 11.5 Å². The van der Waals surface area contributed by atoms with Gasteiger partial charge in [0.2, 0.25) is 0 Å². The molecule has 0 aliphatic rings. The SMILES string of the molecule is COc1ccc(-c2csc3ncn(C[C@@H](O)COc4ccc(F)cc4)c(=O)c23)cc1. The molecule has 2 aromatic heterocycles. The van der Waals surface area contributed by atoms with Crippen LogP contribution in [-0.4, -0.2) is 34.5 Å². The number of aliphatic hydroxyl groups is 1. The molecule has 0 unspecified atom stereocenters. The molecule has 1 atom stereocenters. The largest absolute Gasteiger partial charge is 0.497 e. The zero-order chi connectivity index (χ0) is 21.1. The van der Waals surface area contributed by atoms with Gasteiger partial charge in [0, 0.05) is 10.9 Å². The van der Waals surface area contributed by atoms with Crippen LogP contribution in [0.1, 0.15) is 0 Å². The van der Waals surface area contributed by atoms with Crippen LogP contribution in [-0.2, 0) is 6.54 Å². The monoisotopic (exact) mass is 426 g/mol. The Labute approximate surface area is 175 Å². The van der Waals surface area contributed by atoms with E-state index in [4.69, 9.17) is 9.47 Å². The molecule has 0 radical (unpaired) electrons. The molecule has 0 spiro atoms. The van der Waals surface area contributed by atoms with Gasteiger partial charge in [0.05, 0.1) is 25.4 Å². The fourth-order valence-corrected chi connectivity index (χ4v) is 3.99. The molecule has 0 saturated carbocycles. The minimum atomic E-state index is -0.935. The van der Waals surface area contributed by atoms with Gasteiger partial charge in [-0.1, -0.05) is 12.1 Å². The van der Waals surface area contributed by atoms with Crippen LogP contribution >= 0.6 is 11.3 Å². The van der Waals surface area contributed by atoms with Gasteiger partial charge in [0.1, 0.15) is 34.9 Å². The van der Waals surface area contributed by atoms with Crippen molar-refractivity contribution in [2.75, 3.05) is 13.7 Å². The summed E-state index contributed by atoms with van der Waals surface area (Å²) in [7, 11) is 1.60. The zero-order valence-corrected chi connectivity index (χ0v) is 16.9. The predicted octanol–water partition coefficient (Wildman–Crippen LogP) is 3.71. The van der Waals surface area contributed by atoms with Crippen molar-refractivity contribution in [1.29, 1.82) is 0 Å². The maximum atomic E-state index is 13.1. The molecular formula is C22H19FN2O4S. The molecule has 1 N–H and O–H groups in total. The molecular weight excluding hydrogens is 407 g/mol. The van der Waals surface area contributed by atoms with Crippen LogP contribution in [0.25, 0.3) is 21.3 Å². The summed E-state index contributed by atoms with van der Waals surface area (Å²) >= 11 is 1.40. The Hall–Kier alpha value is -3.23. The number of ether oxygens (including phenoxy) is 2. The molecule has 0 amide bonds. The second-order valence-corrected chi connectivity index (χ2v) is 7.54. The second-order valence-electron chi connectivity index (χ2n) is 6.68. The van der Waals surface area contributed by atoms with Gasteiger partial charge < -0.3 is 14.6 Å². The molecule has 6 nitrogen and oxygen atoms in total. The molecule has 0 aliphatic heterocycles. The van der Waals surface area contributed by atoms with Crippen molar-refractivity contribution in [2.45, 2.75) is 12.6 Å². The third kappa shape index (κ3) is 4.19. The van der Waals surface area contributed by atoms with Gasteiger partial charge in [0.15, 0.2) is 0 Å². The standard InChI is InChI=1S/C22H19FN2O4S/c1-28-17-6-2-14(3-7-17)19-12-30-21-20(19)22(27)25(13-24-21)10-16(26)11-29-18-8-4-15(23)5-9-18/h2-9,12-13,16,26H,10-11H2,1H3/t16-/m1/s1. The third-order valence-electron chi connectivity index (χ3n) is 4.63. The van der Waals surface area contributed by atoms with E-state index >= 15 is 0 Å². The summed E-state index contributed by atoms with van der Waals surface area (Å²) in [6.07, 6.45) is 0.496. The minimum absolute atomic E-state index is 0.0286. The fourth-order valence-electron chi connectivity index (χ4n) is 3.08. The molecule has 4 rings (SSSR count). The number of methoxy groups -OCH3 is 1. The lowest BCUT2D eigenvalue weighted by molar-refractivity contribution is 0.0914. The van der Waals surface area contributed by atoms with E-state index in [9.17, 15) is 14.3 Å². The van der Waals surface area contributed by atoms with E-state index in [1.165, 1.54) is 46.5 Å². The number of aliphatic hydroxyl groups excluding tert-OH is 1. The van der Waals surface area contributed by atoms with Crippen molar-refractivity contribution < 1.29 is 19.0 Å². The zero-order valence-electron chi connectivity index (χ0n) is 16.1. The molecule has 30 heavy (non-hydrogen) atoms. The molecule has 154 valence electrons. The van der Waals surface area contributed by atoms with Crippen LogP contribution in [0.2, 0.25) is 0 Å². The number of benzene rings is 2. The van der Waals surface area contributed by atoms with Crippen LogP contribution in [0.3, 0.4) is 0 Å². The van der Waals surface area contributed by atoms with Crippen molar-refractivity contribution in [2.24, 2.45) is 0 Å². The van der Waals surface area contributed by atoms with E-state index in [2.05, 4.69) is 4.98 Å². The molecule has 2 heterocycles. The quantitative estimate of drug-likeness (QED) is 0.488. The predicted molar refractivity (Wildman–Crippen MR) is 114 cm³/mol. The summed E-state index contributed by atoms with van der Waals surface area (Å²) < 4.78 is 25.0. The van der Waals surface area contributed by atoms with Crippen LogP contribution in [0, 0.1) is 5.82 Å². The van der Waals surface area contributed by atoms with E-state index in [-0.39, 0.29) is 24.5 Å². The van der Waals surface area contributed by atoms with Gasteiger partial charge in [-0.3, -0.25) is 9.36 Å². The van der Waals surface area contributed by atoms with Gasteiger partial charge >= 0.3 is 0 Å². The molecule has 0 saturated heterocycles. The smallest absolute Gasteiger partial charge is 0.262 e. The number of fused-ring (bicyclic) bond motifs is 1. The Kier molecular flexibility index (Phi) is 5.78. The topological polar surface area (TPSA) is 73.6 Å². The number of halogens is 1. The first-order valence-corrected chi connectivity index (χ1v) is 10.1. The molecule has 4 aromatic rings. The average molecular weight is 426 g/mol. The molecule has 8 heteroatoms. The number of hydrogen-bond acceptors (Lipinski definition) is 6. The van der Waals surface area contributed by atoms with E-state index in [1.807, 2.05) is 29.6 Å². The normalized spacial score (nSPS) is 12.1. The summed E-state index contributed by atoms with van der Waals surface area (Å²) in [6, 6.07) is 13.0. The van der Waals surface area contributed by atoms with E-state index < -0.39 is 6.10 Å². The minimum Gasteiger partial charge on any atom is -0.497 e. The van der Waals surface area contributed by atoms with Gasteiger partial charge in [-0.05, 0) is 42.0 Å². The summed E-state index contributed by atoms with van der Waals surface area (Å²) in [4.78, 5) is 18.1. The van der Waals surface area contributed by atoms with Crippen molar-refractivity contribution in [3.05, 3.63) is 76.4 Å². The lowest BCUT2D eigenvalue weighted by Crippen LogP contribution is -2.30. The lowest BCUT2D eigenvalue weighted by atomic mass is 10.1. The number of rotatable bonds is 7. The van der Waals surface area contributed by atoms with Crippen LogP contribution < -0.4 is 15.0 Å². The van der Waals surface area contributed by atoms with Crippen molar-refractivity contribution in [3.63, 3.8) is 0 Å². The summed E-state index contributed by atoms with van der Waals surface area (Å²) in [6.45, 7) is -0.00799. The molecule has 0 aliphatic carbocycles. The van der Waals surface area contributed by atoms with Gasteiger partial charge in [0.25, 0.3) is 5.56 Å².